The molecule has 0 unspecified atom stereocenters. The largest absolute Gasteiger partial charge is 0.508 e. The van der Waals surface area contributed by atoms with Crippen molar-refractivity contribution in [2.45, 2.75) is 121 Å². The average molecular weight is 1050 g/mol. The maximum absolute atomic E-state index is 15.5. The van der Waals surface area contributed by atoms with E-state index in [1.807, 2.05) is 90.3 Å². The minimum atomic E-state index is -2.66. The topological polar surface area (TPSA) is 206 Å². The number of carbonyl (C=O) groups excluding carboxylic acids is 1. The van der Waals surface area contributed by atoms with E-state index in [1.165, 1.54) is 5.56 Å². The number of aromatic nitrogens is 1. The Bertz CT molecular complexity index is 3020. The Hall–Kier alpha value is -2.75. The molecule has 7 aliphatic heterocycles. The van der Waals surface area contributed by atoms with Crippen LogP contribution in [0.15, 0.2) is 66.7 Å². The Balaban J connectivity index is 0.982. The summed E-state index contributed by atoms with van der Waals surface area (Å²) in [5, 5.41) is 87.8. The van der Waals surface area contributed by atoms with Crippen LogP contribution < -0.4 is 15.4 Å². The second-order valence-electron chi connectivity index (χ2n) is 22.7. The third-order valence-electron chi connectivity index (χ3n) is 20.3. The van der Waals surface area contributed by atoms with Gasteiger partial charge in [-0.3, -0.25) is 0 Å². The van der Waals surface area contributed by atoms with Crippen molar-refractivity contribution >= 4 is 81.6 Å². The van der Waals surface area contributed by atoms with Crippen molar-refractivity contribution in [3.63, 3.8) is 0 Å². The number of hydrogen-bond acceptors (Lipinski definition) is 16. The van der Waals surface area contributed by atoms with Gasteiger partial charge in [-0.05, 0) is 146 Å². The number of phenolic OH excluding ortho intramolecular Hbond substituents is 1. The number of ether oxygens (including phenoxy) is 3. The number of aromatic hydroxyl groups is 1. The van der Waals surface area contributed by atoms with E-state index in [1.54, 1.807) is 21.6 Å². The normalized spacial score (nSPS) is 43.6. The SMILES string of the molecule is CNC[C@@H]1SSC[C@@H]2SSC[C@H](NC)[C@H]3C[C@@H]4[C@H]5C[C@@H]1[C@@H](O)[C@]1(O)O[C@@H](C(=O)Oc6c(CO)[nH]c7ccc8cc9ccccc9cc8c67)[C@H](O[C@H]4[C@@]4(CC[C@@H]6CC[C@@H]7C[C@H]2c2cc(O)ccc2[C@@]674)[C@@H]3O)[C@]51O. The van der Waals surface area contributed by atoms with Gasteiger partial charge in [-0.25, -0.2) is 4.79 Å². The van der Waals surface area contributed by atoms with E-state index in [9.17, 15) is 30.6 Å². The van der Waals surface area contributed by atoms with Crippen molar-refractivity contribution in [3.8, 4) is 11.5 Å². The highest BCUT2D eigenvalue weighted by molar-refractivity contribution is 8.78. The lowest BCUT2D eigenvalue weighted by Gasteiger charge is -2.69. The third-order valence-corrected chi connectivity index (χ3v) is 26.4. The number of carbonyl (C=O) groups is 1. The van der Waals surface area contributed by atoms with Crippen LogP contribution >= 0.6 is 43.2 Å². The van der Waals surface area contributed by atoms with Gasteiger partial charge in [0.25, 0.3) is 0 Å². The van der Waals surface area contributed by atoms with Crippen molar-refractivity contribution in [2.24, 2.45) is 40.9 Å². The van der Waals surface area contributed by atoms with E-state index in [-0.39, 0.29) is 57.4 Å². The summed E-state index contributed by atoms with van der Waals surface area (Å²) in [5.41, 5.74) is -0.485. The monoisotopic (exact) mass is 1050 g/mol. The van der Waals surface area contributed by atoms with E-state index in [0.29, 0.717) is 36.7 Å². The highest BCUT2D eigenvalue weighted by Crippen LogP contribution is 2.78. The molecule has 17 heteroatoms. The van der Waals surface area contributed by atoms with Crippen molar-refractivity contribution in [3.05, 3.63) is 83.6 Å². The molecule has 5 aromatic rings. The molecular weight excluding hydrogens is 991 g/mol. The van der Waals surface area contributed by atoms with Gasteiger partial charge in [-0.1, -0.05) is 79.6 Å². The van der Waals surface area contributed by atoms with Gasteiger partial charge < -0.3 is 60.5 Å². The van der Waals surface area contributed by atoms with Gasteiger partial charge in [0.1, 0.15) is 18.0 Å². The van der Waals surface area contributed by atoms with Gasteiger partial charge in [0.2, 0.25) is 5.79 Å². The zero-order valence-electron chi connectivity index (χ0n) is 40.2. The number of rotatable bonds is 6. The maximum Gasteiger partial charge on any atom is 0.343 e. The number of hydrogen-bond donors (Lipinski definition) is 9. The fraction of sp³-hybridized carbons (Fsp3) is 0.582. The average Bonchev–Trinajstić information content (AvgIpc) is 4.10. The van der Waals surface area contributed by atoms with Crippen LogP contribution in [-0.2, 0) is 26.3 Å². The first-order valence-corrected chi connectivity index (χ1v) is 30.8. The molecule has 12 aliphatic rings. The molecular formula is C55H63N3O10S4. The summed E-state index contributed by atoms with van der Waals surface area (Å²) >= 11 is 0. The zero-order chi connectivity index (χ0) is 49.2. The summed E-state index contributed by atoms with van der Waals surface area (Å²) in [6, 6.07) is 21.9. The van der Waals surface area contributed by atoms with E-state index < -0.39 is 83.1 Å². The molecule has 13 nitrogen and oxygen atoms in total. The molecule has 0 amide bonds. The quantitative estimate of drug-likeness (QED) is 0.0492. The third kappa shape index (κ3) is 6.14. The smallest absolute Gasteiger partial charge is 0.343 e. The molecule has 5 aliphatic carbocycles. The number of esters is 1. The molecule has 9 fully saturated rings. The van der Waals surface area contributed by atoms with Crippen molar-refractivity contribution < 1.29 is 49.6 Å². The molecule has 17 rings (SSSR count). The lowest BCUT2D eigenvalue weighted by atomic mass is 9.40. The summed E-state index contributed by atoms with van der Waals surface area (Å²) in [7, 11) is 11.1. The number of phenols is 1. The fourth-order valence-corrected chi connectivity index (χ4v) is 24.7. The number of nitrogens with one attached hydrogen (secondary N) is 3. The van der Waals surface area contributed by atoms with Crippen LogP contribution in [0.25, 0.3) is 32.4 Å². The minimum absolute atomic E-state index is 0.0996. The van der Waals surface area contributed by atoms with Crippen LogP contribution in [0.2, 0.25) is 0 Å². The van der Waals surface area contributed by atoms with Crippen LogP contribution in [0.3, 0.4) is 0 Å². The molecule has 0 radical (unpaired) electrons. The molecule has 72 heavy (non-hydrogen) atoms. The van der Waals surface area contributed by atoms with Gasteiger partial charge in [-0.2, -0.15) is 0 Å². The van der Waals surface area contributed by atoms with Gasteiger partial charge in [0.05, 0.1) is 35.4 Å². The number of benzene rings is 4. The summed E-state index contributed by atoms with van der Waals surface area (Å²) in [6.45, 7) is 0.0264. The maximum atomic E-state index is 15.5. The van der Waals surface area contributed by atoms with E-state index in [0.717, 1.165) is 64.3 Å². The molecule has 9 bridgehead atoms. The first-order chi connectivity index (χ1) is 34.9. The number of aromatic amines is 1. The Morgan fingerprint density at radius 3 is 2.47 bits per heavy atom. The number of aliphatic hydroxyl groups is 5. The van der Waals surface area contributed by atoms with Crippen LogP contribution in [0.5, 0.6) is 11.5 Å². The van der Waals surface area contributed by atoms with E-state index >= 15 is 4.79 Å². The molecule has 5 saturated heterocycles. The second kappa shape index (κ2) is 17.1. The van der Waals surface area contributed by atoms with Gasteiger partial charge in [0, 0.05) is 63.2 Å². The Kier molecular flexibility index (Phi) is 11.3. The Morgan fingerprint density at radius 2 is 1.67 bits per heavy atom. The molecule has 1 aromatic heterocycles. The van der Waals surface area contributed by atoms with Gasteiger partial charge in [0.15, 0.2) is 17.5 Å². The second-order valence-corrected chi connectivity index (χ2v) is 28.0. The minimum Gasteiger partial charge on any atom is -0.508 e. The summed E-state index contributed by atoms with van der Waals surface area (Å²) in [5.74, 6) is -3.20. The highest BCUT2D eigenvalue weighted by atomic mass is 33.1. The molecule has 2 spiro atoms. The van der Waals surface area contributed by atoms with Crippen molar-refractivity contribution in [1.82, 2.24) is 15.6 Å². The lowest BCUT2D eigenvalue weighted by molar-refractivity contribution is -0.381. The van der Waals surface area contributed by atoms with Crippen LogP contribution in [0.1, 0.15) is 67.7 Å². The molecule has 382 valence electrons. The summed E-state index contributed by atoms with van der Waals surface area (Å²) < 4.78 is 20.9. The number of H-pyrrole nitrogens is 1. The van der Waals surface area contributed by atoms with Gasteiger partial charge in [-0.15, -0.1) is 0 Å². The van der Waals surface area contributed by atoms with Crippen molar-refractivity contribution in [1.29, 1.82) is 0 Å². The molecule has 4 aromatic carbocycles. The van der Waals surface area contributed by atoms with E-state index in [4.69, 9.17) is 14.2 Å². The molecule has 19 atom stereocenters. The van der Waals surface area contributed by atoms with Crippen LogP contribution in [0.4, 0.5) is 0 Å². The van der Waals surface area contributed by atoms with Crippen LogP contribution in [-0.4, -0.2) is 132 Å². The Morgan fingerprint density at radius 1 is 0.861 bits per heavy atom. The molecule has 9 N–H and O–H groups in total. The lowest BCUT2D eigenvalue weighted by Crippen LogP contribution is -2.80. The molecule has 8 heterocycles. The van der Waals surface area contributed by atoms with Gasteiger partial charge >= 0.3 is 5.97 Å². The first kappa shape index (κ1) is 47.7. The van der Waals surface area contributed by atoms with Crippen LogP contribution in [0, 0.1) is 40.9 Å². The Labute approximate surface area is 433 Å². The number of fused-ring (bicyclic) bond motifs is 4. The molecule has 4 saturated carbocycles. The fourth-order valence-electron chi connectivity index (χ4n) is 17.6. The highest BCUT2D eigenvalue weighted by Gasteiger charge is 2.84. The zero-order valence-corrected chi connectivity index (χ0v) is 43.5. The van der Waals surface area contributed by atoms with E-state index in [2.05, 4.69) is 27.8 Å². The first-order valence-electron chi connectivity index (χ1n) is 26.1. The standard InChI is InChI=1S/C55H63N3O10S4/c1-56-21-42-36-20-38-34-19-35-41(57-2)23-69-72-43(24-70-71-42)33-17-29-9-8-28-13-14-52(47(35)61,53(28,29)37-11-10-30(60)18-32(33)37)49(34)67-50-46(68-55(65,48(36)62)54(38,50)64)51(63)66-45-40(22-59)58-39-12-7-27-15-25-5-3-4-6-26(25)16-31(27)44(39)45/h3-7,10-12,15-16,18,28-29,33-36,38,41-43,46-50,56-62,64-65H,8-9,13-14,17,19-24H2,1-2H3/t28-,29+,33-,34+,35+,36-,38+,41-,42-,43-,46+,47+,48+,49+,50-,52+,53+,54+,55-/m0/s1. The summed E-state index contributed by atoms with van der Waals surface area (Å²) in [4.78, 5) is 18.8. The predicted molar refractivity (Wildman–Crippen MR) is 283 cm³/mol. The summed E-state index contributed by atoms with van der Waals surface area (Å²) in [6.07, 6.45) is -1.19. The van der Waals surface area contributed by atoms with Crippen molar-refractivity contribution in [2.75, 3.05) is 32.1 Å². The number of aliphatic hydroxyl groups excluding tert-OH is 3. The predicted octanol–water partition coefficient (Wildman–Crippen LogP) is 6.72.